The second-order valence-electron chi connectivity index (χ2n) is 8.66. The highest BCUT2D eigenvalue weighted by Gasteiger charge is 2.35. The molecule has 0 bridgehead atoms. The molecule has 0 heterocycles. The second-order valence-corrected chi connectivity index (χ2v) is 8.66. The molecule has 2 unspecified atom stereocenters. The molecule has 0 radical (unpaired) electrons. The largest absolute Gasteiger partial charge is 0.508 e. The first-order valence-corrected chi connectivity index (χ1v) is 10.9. The molecule has 0 saturated heterocycles. The number of ketones is 1. The lowest BCUT2D eigenvalue weighted by Crippen LogP contribution is -2.37. The molecule has 2 N–H and O–H groups in total. The van der Waals surface area contributed by atoms with Gasteiger partial charge < -0.3 is 10.5 Å². The number of hydrogen-bond acceptors (Lipinski definition) is 4. The summed E-state index contributed by atoms with van der Waals surface area (Å²) in [6.07, 6.45) is 10.2. The van der Waals surface area contributed by atoms with Crippen LogP contribution in [0.4, 0.5) is 0 Å². The van der Waals surface area contributed by atoms with Crippen molar-refractivity contribution in [2.75, 3.05) is 7.05 Å². The monoisotopic (exact) mass is 432 g/mol. The third kappa shape index (κ3) is 5.37. The zero-order valence-corrected chi connectivity index (χ0v) is 19.0. The SMILES string of the molecule is C.CC(C)c1cc2ccccc2cc1O.CN/N=C1\C(=O)C(C(C)C)C=C2C=CC=CC21. The molecule has 4 heteroatoms. The normalized spacial score (nSPS) is 20.5. The average Bonchev–Trinajstić information content (AvgIpc) is 2.75. The molecule has 0 aliphatic heterocycles. The topological polar surface area (TPSA) is 61.7 Å². The Balaban J connectivity index is 0.000000224. The van der Waals surface area contributed by atoms with Crippen molar-refractivity contribution in [3.05, 3.63) is 77.9 Å². The van der Waals surface area contributed by atoms with Crippen LogP contribution in [0.15, 0.2) is 77.5 Å². The number of phenolic OH excluding ortho intramolecular Hbond substituents is 1. The third-order valence-corrected chi connectivity index (χ3v) is 5.75. The van der Waals surface area contributed by atoms with E-state index in [0.717, 1.165) is 10.9 Å². The van der Waals surface area contributed by atoms with Crippen LogP contribution in [-0.4, -0.2) is 23.6 Å². The van der Waals surface area contributed by atoms with Crippen molar-refractivity contribution < 1.29 is 9.90 Å². The molecule has 0 aromatic heterocycles. The number of nitrogens with zero attached hydrogens (tertiary/aromatic N) is 1. The van der Waals surface area contributed by atoms with Crippen molar-refractivity contribution in [1.82, 2.24) is 5.43 Å². The van der Waals surface area contributed by atoms with Crippen LogP contribution in [0.1, 0.15) is 46.6 Å². The highest BCUT2D eigenvalue weighted by molar-refractivity contribution is 6.43. The van der Waals surface area contributed by atoms with Crippen LogP contribution in [0, 0.1) is 17.8 Å². The number of carbonyl (C=O) groups excluding carboxylic acids is 1. The number of hydrogen-bond donors (Lipinski definition) is 2. The number of Topliss-reactive ketones (excluding diaryl/α,β-unsaturated/α-hetero) is 1. The van der Waals surface area contributed by atoms with Gasteiger partial charge in [-0.1, -0.05) is 89.8 Å². The van der Waals surface area contributed by atoms with Crippen LogP contribution in [0.25, 0.3) is 10.8 Å². The number of carbonyl (C=O) groups is 1. The summed E-state index contributed by atoms with van der Waals surface area (Å²) in [5, 5.41) is 16.2. The van der Waals surface area contributed by atoms with Crippen LogP contribution in [0.5, 0.6) is 5.75 Å². The van der Waals surface area contributed by atoms with Gasteiger partial charge in [-0.25, -0.2) is 0 Å². The maximum atomic E-state index is 12.3. The van der Waals surface area contributed by atoms with Gasteiger partial charge in [0.05, 0.1) is 0 Å². The van der Waals surface area contributed by atoms with Crippen molar-refractivity contribution in [2.45, 2.75) is 41.0 Å². The summed E-state index contributed by atoms with van der Waals surface area (Å²) in [5.41, 5.74) is 5.57. The summed E-state index contributed by atoms with van der Waals surface area (Å²) in [4.78, 5) is 12.3. The van der Waals surface area contributed by atoms with Gasteiger partial charge in [0.15, 0.2) is 5.78 Å². The molecule has 0 fully saturated rings. The number of nitrogens with one attached hydrogen (secondary N) is 1. The molecule has 4 rings (SSSR count). The van der Waals surface area contributed by atoms with Crippen LogP contribution >= 0.6 is 0 Å². The van der Waals surface area contributed by atoms with E-state index >= 15 is 0 Å². The van der Waals surface area contributed by atoms with Gasteiger partial charge in [0, 0.05) is 18.9 Å². The number of fused-ring (bicyclic) bond motifs is 2. The van der Waals surface area contributed by atoms with E-state index in [1.165, 1.54) is 11.0 Å². The van der Waals surface area contributed by atoms with Gasteiger partial charge in [0.2, 0.25) is 0 Å². The van der Waals surface area contributed by atoms with Gasteiger partial charge in [-0.3, -0.25) is 4.79 Å². The molecule has 2 aliphatic rings. The van der Waals surface area contributed by atoms with Gasteiger partial charge in [-0.2, -0.15) is 5.10 Å². The Bertz CT molecular complexity index is 1070. The van der Waals surface area contributed by atoms with E-state index in [1.54, 1.807) is 7.05 Å². The fourth-order valence-corrected chi connectivity index (χ4v) is 4.02. The predicted octanol–water partition coefficient (Wildman–Crippen LogP) is 6.39. The fraction of sp³-hybridized carbons (Fsp3) is 0.357. The summed E-state index contributed by atoms with van der Waals surface area (Å²) in [6, 6.07) is 12.0. The van der Waals surface area contributed by atoms with Crippen molar-refractivity contribution in [1.29, 1.82) is 0 Å². The molecule has 2 aliphatic carbocycles. The van der Waals surface area contributed by atoms with E-state index in [4.69, 9.17) is 0 Å². The van der Waals surface area contributed by atoms with E-state index in [2.05, 4.69) is 62.5 Å². The minimum absolute atomic E-state index is 0. The van der Waals surface area contributed by atoms with Crippen LogP contribution < -0.4 is 5.43 Å². The quantitative estimate of drug-likeness (QED) is 0.552. The van der Waals surface area contributed by atoms with Crippen LogP contribution in [0.2, 0.25) is 0 Å². The first-order valence-electron chi connectivity index (χ1n) is 10.9. The van der Waals surface area contributed by atoms with Gasteiger partial charge >= 0.3 is 0 Å². The van der Waals surface area contributed by atoms with Crippen molar-refractivity contribution >= 4 is 22.3 Å². The first kappa shape index (κ1) is 25.1. The molecule has 0 saturated carbocycles. The number of hydrazone groups is 1. The van der Waals surface area contributed by atoms with E-state index in [9.17, 15) is 9.90 Å². The molecule has 170 valence electrons. The molecule has 32 heavy (non-hydrogen) atoms. The van der Waals surface area contributed by atoms with Crippen molar-refractivity contribution in [2.24, 2.45) is 22.9 Å². The first-order chi connectivity index (χ1) is 14.8. The number of allylic oxidation sites excluding steroid dienone is 6. The minimum Gasteiger partial charge on any atom is -0.508 e. The highest BCUT2D eigenvalue weighted by atomic mass is 16.3. The van der Waals surface area contributed by atoms with E-state index in [-0.39, 0.29) is 25.0 Å². The van der Waals surface area contributed by atoms with E-state index in [1.807, 2.05) is 42.5 Å². The van der Waals surface area contributed by atoms with Gasteiger partial charge in [-0.05, 0) is 45.9 Å². The third-order valence-electron chi connectivity index (χ3n) is 5.75. The zero-order chi connectivity index (χ0) is 22.5. The lowest BCUT2D eigenvalue weighted by molar-refractivity contribution is -0.116. The molecular weight excluding hydrogens is 396 g/mol. The Morgan fingerprint density at radius 1 is 1.03 bits per heavy atom. The van der Waals surface area contributed by atoms with E-state index < -0.39 is 0 Å². The molecule has 4 nitrogen and oxygen atoms in total. The number of rotatable bonds is 3. The Labute approximate surface area is 192 Å². The van der Waals surface area contributed by atoms with Gasteiger partial charge in [-0.15, -0.1) is 0 Å². The van der Waals surface area contributed by atoms with Gasteiger partial charge in [0.25, 0.3) is 0 Å². The molecule has 2 aromatic rings. The molecule has 2 atom stereocenters. The minimum atomic E-state index is -0.0514. The summed E-state index contributed by atoms with van der Waals surface area (Å²) in [5.74, 6) is 1.18. The standard InChI is InChI=1S/C14H18N2O.C13H14O.CH4/c1-9(2)12-8-10-6-4-5-7-11(10)13(14(12)17)16-15-3;1-9(2)12-7-10-5-3-4-6-11(10)8-13(12)14;/h4-9,11-12,15H,1-3H3;3-9,14H,1-2H3;1H4/b16-13-;;. The average molecular weight is 433 g/mol. The summed E-state index contributed by atoms with van der Waals surface area (Å²) in [6.45, 7) is 8.31. The Morgan fingerprint density at radius 2 is 1.69 bits per heavy atom. The molecular formula is C28H36N2O2. The molecule has 0 amide bonds. The predicted molar refractivity (Wildman–Crippen MR) is 136 cm³/mol. The lowest BCUT2D eigenvalue weighted by Gasteiger charge is -2.29. The fourth-order valence-electron chi connectivity index (χ4n) is 4.02. The Kier molecular flexibility index (Phi) is 8.59. The molecule has 0 spiro atoms. The molecule has 2 aromatic carbocycles. The number of phenols is 1. The number of benzene rings is 2. The van der Waals surface area contributed by atoms with E-state index in [0.29, 0.717) is 23.3 Å². The second kappa shape index (κ2) is 10.9. The van der Waals surface area contributed by atoms with Crippen molar-refractivity contribution in [3.63, 3.8) is 0 Å². The zero-order valence-electron chi connectivity index (χ0n) is 19.0. The Morgan fingerprint density at radius 3 is 2.28 bits per heavy atom. The van der Waals surface area contributed by atoms with Crippen molar-refractivity contribution in [3.8, 4) is 5.75 Å². The summed E-state index contributed by atoms with van der Waals surface area (Å²) in [7, 11) is 1.73. The summed E-state index contributed by atoms with van der Waals surface area (Å²) >= 11 is 0. The van der Waals surface area contributed by atoms with Crippen LogP contribution in [0.3, 0.4) is 0 Å². The van der Waals surface area contributed by atoms with Crippen LogP contribution in [-0.2, 0) is 4.79 Å². The maximum Gasteiger partial charge on any atom is 0.186 e. The lowest BCUT2D eigenvalue weighted by atomic mass is 9.74. The smallest absolute Gasteiger partial charge is 0.186 e. The Hall–Kier alpha value is -3.14. The highest BCUT2D eigenvalue weighted by Crippen LogP contribution is 2.32. The number of aromatic hydroxyl groups is 1. The summed E-state index contributed by atoms with van der Waals surface area (Å²) < 4.78 is 0. The van der Waals surface area contributed by atoms with Gasteiger partial charge in [0.1, 0.15) is 11.5 Å². The maximum absolute atomic E-state index is 12.3.